The molecule has 110 valence electrons. The minimum absolute atomic E-state index is 0.238. The zero-order valence-electron chi connectivity index (χ0n) is 11.9. The number of carbonyl (C=O) groups excluding carboxylic acids is 1. The number of rotatable bonds is 5. The largest absolute Gasteiger partial charge is 0.352 e. The van der Waals surface area contributed by atoms with Gasteiger partial charge in [0.15, 0.2) is 0 Å². The Hall–Kier alpha value is -1.49. The van der Waals surface area contributed by atoms with Gasteiger partial charge in [-0.25, -0.2) is 4.98 Å². The summed E-state index contributed by atoms with van der Waals surface area (Å²) >= 11 is 0. The Morgan fingerprint density at radius 3 is 3.15 bits per heavy atom. The van der Waals surface area contributed by atoms with Crippen LogP contribution in [0, 0.1) is 5.95 Å². The Morgan fingerprint density at radius 2 is 2.40 bits per heavy atom. The molecule has 1 aromatic rings. The van der Waals surface area contributed by atoms with Crippen LogP contribution < -0.4 is 5.32 Å². The number of piperidine rings is 1. The summed E-state index contributed by atoms with van der Waals surface area (Å²) in [5.74, 6) is -0.863. The number of aromatic nitrogens is 1. The summed E-state index contributed by atoms with van der Waals surface area (Å²) < 4.78 is 12.9. The summed E-state index contributed by atoms with van der Waals surface area (Å²) in [4.78, 5) is 17.7. The zero-order valence-corrected chi connectivity index (χ0v) is 11.9. The van der Waals surface area contributed by atoms with Gasteiger partial charge in [-0.05, 0) is 38.8 Å². The highest BCUT2D eigenvalue weighted by Gasteiger charge is 2.17. The van der Waals surface area contributed by atoms with E-state index in [0.717, 1.165) is 25.6 Å². The maximum atomic E-state index is 12.9. The number of likely N-dealkylation sites (tertiary alicyclic amines) is 1. The molecule has 1 aliphatic rings. The normalized spacial score (nSPS) is 19.8. The van der Waals surface area contributed by atoms with Crippen LogP contribution in [0.15, 0.2) is 18.3 Å². The zero-order chi connectivity index (χ0) is 14.4. The van der Waals surface area contributed by atoms with Crippen LogP contribution in [-0.4, -0.2) is 41.5 Å². The van der Waals surface area contributed by atoms with Crippen LogP contribution >= 0.6 is 0 Å². The van der Waals surface area contributed by atoms with Gasteiger partial charge in [-0.2, -0.15) is 4.39 Å². The second kappa shape index (κ2) is 7.33. The molecule has 1 N–H and O–H groups in total. The van der Waals surface area contributed by atoms with Gasteiger partial charge in [-0.1, -0.05) is 6.42 Å². The number of amides is 1. The van der Waals surface area contributed by atoms with E-state index >= 15 is 0 Å². The summed E-state index contributed by atoms with van der Waals surface area (Å²) in [6.45, 7) is 5.04. The lowest BCUT2D eigenvalue weighted by molar-refractivity contribution is 0.0948. The number of hydrogen-bond donors (Lipinski definition) is 1. The summed E-state index contributed by atoms with van der Waals surface area (Å²) in [6.07, 6.45) is 6.08. The first kappa shape index (κ1) is 14.9. The van der Waals surface area contributed by atoms with Crippen molar-refractivity contribution in [2.45, 2.75) is 38.6 Å². The van der Waals surface area contributed by atoms with Gasteiger partial charge in [0.25, 0.3) is 5.91 Å². The average Bonchev–Trinajstić information content (AvgIpc) is 2.45. The molecule has 0 bridgehead atoms. The molecular formula is C15H22FN3O. The van der Waals surface area contributed by atoms with Gasteiger partial charge in [-0.15, -0.1) is 0 Å². The van der Waals surface area contributed by atoms with Gasteiger partial charge < -0.3 is 10.2 Å². The van der Waals surface area contributed by atoms with Gasteiger partial charge in [0.2, 0.25) is 5.95 Å². The molecule has 5 heteroatoms. The highest BCUT2D eigenvalue weighted by atomic mass is 19.1. The lowest BCUT2D eigenvalue weighted by Crippen LogP contribution is -2.39. The fourth-order valence-electron chi connectivity index (χ4n) is 2.62. The van der Waals surface area contributed by atoms with Crippen LogP contribution in [0.5, 0.6) is 0 Å². The van der Waals surface area contributed by atoms with Crippen molar-refractivity contribution in [3.05, 3.63) is 29.8 Å². The van der Waals surface area contributed by atoms with Gasteiger partial charge in [0.05, 0.1) is 0 Å². The lowest BCUT2D eigenvalue weighted by atomic mass is 10.0. The molecule has 4 nitrogen and oxygen atoms in total. The van der Waals surface area contributed by atoms with E-state index in [-0.39, 0.29) is 5.91 Å². The first-order valence-corrected chi connectivity index (χ1v) is 7.30. The number of halogens is 1. The first-order valence-electron chi connectivity index (χ1n) is 7.30. The molecule has 0 aromatic carbocycles. The molecule has 0 saturated carbocycles. The van der Waals surface area contributed by atoms with Crippen molar-refractivity contribution in [2.75, 3.05) is 19.6 Å². The van der Waals surface area contributed by atoms with Crippen LogP contribution in [0.1, 0.15) is 43.0 Å². The van der Waals surface area contributed by atoms with E-state index in [4.69, 9.17) is 0 Å². The molecule has 1 fully saturated rings. The SMILES string of the molecule is CC1CCCCN1CCCNC(=O)c1ccnc(F)c1. The molecule has 1 amide bonds. The van der Waals surface area contributed by atoms with Crippen LogP contribution in [0.25, 0.3) is 0 Å². The fraction of sp³-hybridized carbons (Fsp3) is 0.600. The fourth-order valence-corrected chi connectivity index (χ4v) is 2.62. The Labute approximate surface area is 119 Å². The maximum absolute atomic E-state index is 12.9. The topological polar surface area (TPSA) is 45.2 Å². The predicted molar refractivity (Wildman–Crippen MR) is 76.0 cm³/mol. The Bertz CT molecular complexity index is 452. The van der Waals surface area contributed by atoms with E-state index in [1.165, 1.54) is 31.5 Å². The van der Waals surface area contributed by atoms with E-state index in [0.29, 0.717) is 18.2 Å². The molecule has 1 aromatic heterocycles. The van der Waals surface area contributed by atoms with Gasteiger partial charge in [0, 0.05) is 37.0 Å². The molecule has 2 rings (SSSR count). The molecule has 0 radical (unpaired) electrons. The summed E-state index contributed by atoms with van der Waals surface area (Å²) in [7, 11) is 0. The predicted octanol–water partition coefficient (Wildman–Crippen LogP) is 2.21. The second-order valence-corrected chi connectivity index (χ2v) is 5.36. The first-order chi connectivity index (χ1) is 9.66. The van der Waals surface area contributed by atoms with E-state index in [9.17, 15) is 9.18 Å². The van der Waals surface area contributed by atoms with E-state index in [1.54, 1.807) is 0 Å². The second-order valence-electron chi connectivity index (χ2n) is 5.36. The number of hydrogen-bond acceptors (Lipinski definition) is 3. The third-order valence-electron chi connectivity index (χ3n) is 3.84. The highest BCUT2D eigenvalue weighted by molar-refractivity contribution is 5.93. The van der Waals surface area contributed by atoms with Crippen LogP contribution in [0.3, 0.4) is 0 Å². The third kappa shape index (κ3) is 4.27. The van der Waals surface area contributed by atoms with Crippen molar-refractivity contribution in [1.82, 2.24) is 15.2 Å². The number of nitrogens with one attached hydrogen (secondary N) is 1. The number of pyridine rings is 1. The smallest absolute Gasteiger partial charge is 0.251 e. The van der Waals surface area contributed by atoms with Crippen LogP contribution in [0.4, 0.5) is 4.39 Å². The van der Waals surface area contributed by atoms with E-state index < -0.39 is 5.95 Å². The molecule has 0 spiro atoms. The third-order valence-corrected chi connectivity index (χ3v) is 3.84. The van der Waals surface area contributed by atoms with Gasteiger partial charge in [0.1, 0.15) is 0 Å². The van der Waals surface area contributed by atoms with Crippen molar-refractivity contribution in [2.24, 2.45) is 0 Å². The van der Waals surface area contributed by atoms with Crippen molar-refractivity contribution in [3.63, 3.8) is 0 Å². The van der Waals surface area contributed by atoms with Crippen molar-refractivity contribution in [3.8, 4) is 0 Å². The molecule has 1 aliphatic heterocycles. The van der Waals surface area contributed by atoms with Gasteiger partial charge in [-0.3, -0.25) is 4.79 Å². The highest BCUT2D eigenvalue weighted by Crippen LogP contribution is 2.16. The molecule has 0 aliphatic carbocycles. The minimum atomic E-state index is -0.625. The van der Waals surface area contributed by atoms with Crippen LogP contribution in [-0.2, 0) is 0 Å². The molecular weight excluding hydrogens is 257 g/mol. The Kier molecular flexibility index (Phi) is 5.47. The molecule has 1 saturated heterocycles. The van der Waals surface area contributed by atoms with E-state index in [2.05, 4.69) is 22.1 Å². The molecule has 1 atom stereocenters. The Morgan fingerprint density at radius 1 is 1.55 bits per heavy atom. The summed E-state index contributed by atoms with van der Waals surface area (Å²) in [6, 6.07) is 3.32. The average molecular weight is 279 g/mol. The number of carbonyl (C=O) groups is 1. The summed E-state index contributed by atoms with van der Waals surface area (Å²) in [5, 5.41) is 2.82. The van der Waals surface area contributed by atoms with Crippen molar-refractivity contribution in [1.29, 1.82) is 0 Å². The quantitative estimate of drug-likeness (QED) is 0.664. The number of nitrogens with zero attached hydrogens (tertiary/aromatic N) is 2. The maximum Gasteiger partial charge on any atom is 0.251 e. The Balaban J connectivity index is 1.69. The van der Waals surface area contributed by atoms with Crippen LogP contribution in [0.2, 0.25) is 0 Å². The monoisotopic (exact) mass is 279 g/mol. The minimum Gasteiger partial charge on any atom is -0.352 e. The van der Waals surface area contributed by atoms with Crippen molar-refractivity contribution >= 4 is 5.91 Å². The standard InChI is InChI=1S/C15H22FN3O/c1-12-5-2-3-9-19(12)10-4-7-18-15(20)13-6-8-17-14(16)11-13/h6,8,11-12H,2-5,7,9-10H2,1H3,(H,18,20). The molecule has 1 unspecified atom stereocenters. The molecule has 2 heterocycles. The van der Waals surface area contributed by atoms with Gasteiger partial charge >= 0.3 is 0 Å². The molecule has 20 heavy (non-hydrogen) atoms. The van der Waals surface area contributed by atoms with E-state index in [1.807, 2.05) is 0 Å². The summed E-state index contributed by atoms with van der Waals surface area (Å²) in [5.41, 5.74) is 0.323. The lowest BCUT2D eigenvalue weighted by Gasteiger charge is -2.33. The van der Waals surface area contributed by atoms with Crippen molar-refractivity contribution < 1.29 is 9.18 Å².